The summed E-state index contributed by atoms with van der Waals surface area (Å²) in [7, 11) is -3.83. The lowest BCUT2D eigenvalue weighted by molar-refractivity contribution is -0.0498. The van der Waals surface area contributed by atoms with Gasteiger partial charge in [-0.3, -0.25) is 0 Å². The summed E-state index contributed by atoms with van der Waals surface area (Å²) in [4.78, 5) is -0.133. The normalized spacial score (nSPS) is 23.7. The molecule has 1 aliphatic heterocycles. The van der Waals surface area contributed by atoms with Crippen LogP contribution in [-0.4, -0.2) is 43.1 Å². The average Bonchev–Trinajstić information content (AvgIpc) is 2.72. The van der Waals surface area contributed by atoms with Gasteiger partial charge in [0, 0.05) is 13.1 Å². The average molecular weight is 342 g/mol. The maximum atomic E-state index is 12.4. The van der Waals surface area contributed by atoms with Gasteiger partial charge in [-0.15, -0.1) is 0 Å². The van der Waals surface area contributed by atoms with E-state index in [1.54, 1.807) is 6.92 Å². The van der Waals surface area contributed by atoms with E-state index in [-0.39, 0.29) is 28.8 Å². The summed E-state index contributed by atoms with van der Waals surface area (Å²) < 4.78 is 54.3. The van der Waals surface area contributed by atoms with Crippen molar-refractivity contribution in [1.82, 2.24) is 4.31 Å². The molecule has 2 rings (SSSR count). The van der Waals surface area contributed by atoms with E-state index in [0.717, 1.165) is 22.5 Å². The van der Waals surface area contributed by atoms with Crippen molar-refractivity contribution in [2.24, 2.45) is 0 Å². The Bertz CT molecular complexity index is 636. The number of rotatable bonds is 4. The lowest BCUT2D eigenvalue weighted by Gasteiger charge is -2.19. The van der Waals surface area contributed by atoms with Crippen LogP contribution in [-0.2, 0) is 10.0 Å². The zero-order valence-electron chi connectivity index (χ0n) is 11.1. The van der Waals surface area contributed by atoms with Gasteiger partial charge in [0.15, 0.2) is 0 Å². The van der Waals surface area contributed by atoms with Gasteiger partial charge in [0.05, 0.1) is 15.5 Å². The van der Waals surface area contributed by atoms with Crippen LogP contribution >= 0.6 is 11.6 Å². The smallest absolute Gasteiger partial charge is 0.387 e. The molecule has 1 aromatic carbocycles. The zero-order valence-corrected chi connectivity index (χ0v) is 12.7. The monoisotopic (exact) mass is 341 g/mol. The van der Waals surface area contributed by atoms with Gasteiger partial charge in [-0.1, -0.05) is 11.6 Å². The van der Waals surface area contributed by atoms with E-state index in [1.165, 1.54) is 0 Å². The van der Waals surface area contributed by atoms with Gasteiger partial charge in [0.2, 0.25) is 10.0 Å². The van der Waals surface area contributed by atoms with Crippen molar-refractivity contribution in [2.75, 3.05) is 13.1 Å². The first-order valence-electron chi connectivity index (χ1n) is 6.09. The lowest BCUT2D eigenvalue weighted by atomic mass is 10.1. The molecule has 0 aliphatic carbocycles. The molecule has 21 heavy (non-hydrogen) atoms. The molecule has 1 fully saturated rings. The van der Waals surface area contributed by atoms with Crippen LogP contribution in [0.1, 0.15) is 13.3 Å². The third-order valence-electron chi connectivity index (χ3n) is 3.17. The molecule has 1 aliphatic rings. The fourth-order valence-corrected chi connectivity index (χ4v) is 3.97. The Morgan fingerprint density at radius 1 is 1.48 bits per heavy atom. The van der Waals surface area contributed by atoms with E-state index in [2.05, 4.69) is 4.74 Å². The SMILES string of the molecule is CC1(O)CCN(S(=O)(=O)c2ccc(OC(F)F)c(Cl)c2)C1. The van der Waals surface area contributed by atoms with Crippen molar-refractivity contribution in [2.45, 2.75) is 30.5 Å². The Hall–Kier alpha value is -0.960. The van der Waals surface area contributed by atoms with Crippen LogP contribution in [0.4, 0.5) is 8.78 Å². The van der Waals surface area contributed by atoms with Gasteiger partial charge in [-0.25, -0.2) is 8.42 Å². The molecule has 5 nitrogen and oxygen atoms in total. The second-order valence-corrected chi connectivity index (χ2v) is 7.40. The van der Waals surface area contributed by atoms with E-state index in [4.69, 9.17) is 11.6 Å². The summed E-state index contributed by atoms with van der Waals surface area (Å²) in [6.45, 7) is -1.34. The lowest BCUT2D eigenvalue weighted by Crippen LogP contribution is -2.33. The molecular formula is C12H14ClF2NO4S. The minimum absolute atomic E-state index is 0.0256. The molecule has 1 heterocycles. The highest BCUT2D eigenvalue weighted by molar-refractivity contribution is 7.89. The minimum Gasteiger partial charge on any atom is -0.433 e. The summed E-state index contributed by atoms with van der Waals surface area (Å²) >= 11 is 5.75. The number of nitrogens with zero attached hydrogens (tertiary/aromatic N) is 1. The fraction of sp³-hybridized carbons (Fsp3) is 0.500. The zero-order chi connectivity index (χ0) is 15.8. The second kappa shape index (κ2) is 5.68. The van der Waals surface area contributed by atoms with Gasteiger partial charge in [0.25, 0.3) is 0 Å². The quantitative estimate of drug-likeness (QED) is 0.910. The third kappa shape index (κ3) is 3.63. The predicted octanol–water partition coefficient (Wildman–Crippen LogP) is 2.09. The molecule has 0 spiro atoms. The van der Waals surface area contributed by atoms with Crippen LogP contribution in [0.3, 0.4) is 0 Å². The molecule has 0 radical (unpaired) electrons. The number of benzene rings is 1. The van der Waals surface area contributed by atoms with Crippen LogP contribution in [0.2, 0.25) is 5.02 Å². The van der Waals surface area contributed by atoms with E-state index in [0.29, 0.717) is 6.42 Å². The molecule has 1 N–H and O–H groups in total. The Labute approximate surface area is 126 Å². The maximum absolute atomic E-state index is 12.4. The Morgan fingerprint density at radius 2 is 2.14 bits per heavy atom. The highest BCUT2D eigenvalue weighted by Crippen LogP contribution is 2.32. The molecule has 0 saturated carbocycles. The number of alkyl halides is 2. The molecule has 0 aromatic heterocycles. The highest BCUT2D eigenvalue weighted by atomic mass is 35.5. The second-order valence-electron chi connectivity index (χ2n) is 5.06. The van der Waals surface area contributed by atoms with E-state index in [9.17, 15) is 22.3 Å². The molecule has 0 amide bonds. The van der Waals surface area contributed by atoms with Gasteiger partial charge < -0.3 is 9.84 Å². The first-order chi connectivity index (χ1) is 9.62. The molecule has 0 bridgehead atoms. The van der Waals surface area contributed by atoms with Crippen LogP contribution in [0.5, 0.6) is 5.75 Å². The van der Waals surface area contributed by atoms with Crippen molar-refractivity contribution in [1.29, 1.82) is 0 Å². The predicted molar refractivity (Wildman–Crippen MR) is 72.1 cm³/mol. The van der Waals surface area contributed by atoms with Gasteiger partial charge in [-0.05, 0) is 31.5 Å². The fourth-order valence-electron chi connectivity index (χ4n) is 2.09. The number of ether oxygens (including phenoxy) is 1. The summed E-state index contributed by atoms with van der Waals surface area (Å²) in [6.07, 6.45) is 0.326. The van der Waals surface area contributed by atoms with Crippen molar-refractivity contribution in [3.8, 4) is 5.75 Å². The number of sulfonamides is 1. The number of β-amino-alcohol motifs (C(OH)–C–C–N with tert-alkyl or cyclic N) is 1. The third-order valence-corrected chi connectivity index (χ3v) is 5.31. The Kier molecular flexibility index (Phi) is 4.44. The maximum Gasteiger partial charge on any atom is 0.387 e. The summed E-state index contributed by atoms with van der Waals surface area (Å²) in [5.74, 6) is -0.293. The number of hydrogen-bond donors (Lipinski definition) is 1. The number of hydrogen-bond acceptors (Lipinski definition) is 4. The van der Waals surface area contributed by atoms with E-state index < -0.39 is 22.2 Å². The molecule has 1 saturated heterocycles. The van der Waals surface area contributed by atoms with Gasteiger partial charge >= 0.3 is 6.61 Å². The van der Waals surface area contributed by atoms with E-state index >= 15 is 0 Å². The standard InChI is InChI=1S/C12H14ClF2NO4S/c1-12(17)4-5-16(7-12)21(18,19)8-2-3-10(9(13)6-8)20-11(14)15/h2-3,6,11,17H,4-5,7H2,1H3. The first kappa shape index (κ1) is 16.4. The van der Waals surface area contributed by atoms with Crippen LogP contribution in [0.25, 0.3) is 0 Å². The number of halogens is 3. The molecule has 1 atom stereocenters. The van der Waals surface area contributed by atoms with E-state index in [1.807, 2.05) is 0 Å². The highest BCUT2D eigenvalue weighted by Gasteiger charge is 2.38. The van der Waals surface area contributed by atoms with Crippen molar-refractivity contribution in [3.63, 3.8) is 0 Å². The van der Waals surface area contributed by atoms with Gasteiger partial charge in [0.1, 0.15) is 5.75 Å². The summed E-state index contributed by atoms with van der Waals surface area (Å²) in [5.41, 5.74) is -1.07. The van der Waals surface area contributed by atoms with Crippen molar-refractivity contribution < 1.29 is 27.0 Å². The first-order valence-corrected chi connectivity index (χ1v) is 7.90. The minimum atomic E-state index is -3.83. The van der Waals surface area contributed by atoms with Crippen LogP contribution < -0.4 is 4.74 Å². The molecule has 118 valence electrons. The Balaban J connectivity index is 2.27. The molecule has 1 unspecified atom stereocenters. The molecular weight excluding hydrogens is 328 g/mol. The van der Waals surface area contributed by atoms with Crippen LogP contribution in [0.15, 0.2) is 23.1 Å². The topological polar surface area (TPSA) is 66.8 Å². The summed E-state index contributed by atoms with van der Waals surface area (Å²) in [6, 6.07) is 3.28. The van der Waals surface area contributed by atoms with Crippen LogP contribution in [0, 0.1) is 0 Å². The van der Waals surface area contributed by atoms with Crippen molar-refractivity contribution in [3.05, 3.63) is 23.2 Å². The molecule has 1 aromatic rings. The number of aliphatic hydroxyl groups is 1. The summed E-state index contributed by atoms with van der Waals surface area (Å²) in [5, 5.41) is 9.62. The van der Waals surface area contributed by atoms with Crippen molar-refractivity contribution >= 4 is 21.6 Å². The largest absolute Gasteiger partial charge is 0.433 e. The van der Waals surface area contributed by atoms with Gasteiger partial charge in [-0.2, -0.15) is 13.1 Å². The molecule has 9 heteroatoms. The Morgan fingerprint density at radius 3 is 2.62 bits per heavy atom.